The van der Waals surface area contributed by atoms with Crippen LogP contribution >= 0.6 is 23.6 Å². The summed E-state index contributed by atoms with van der Waals surface area (Å²) in [7, 11) is 1.40. The third kappa shape index (κ3) is 2.25. The number of hydrogen-bond donors (Lipinski definition) is 0. The molecule has 0 radical (unpaired) electrons. The summed E-state index contributed by atoms with van der Waals surface area (Å²) in [4.78, 5) is 35.1. The molecule has 1 heterocycles. The molecule has 0 bridgehead atoms. The first-order valence-corrected chi connectivity index (χ1v) is 5.83. The van der Waals surface area contributed by atoms with Gasteiger partial charge < -0.3 is 0 Å². The van der Waals surface area contributed by atoms with E-state index < -0.39 is 22.6 Å². The maximum absolute atomic E-state index is 11.9. The number of quaternary nitrogens is 1. The molecule has 6 nitrogen and oxygen atoms in total. The van der Waals surface area contributed by atoms with E-state index in [1.807, 2.05) is 13.8 Å². The number of nitrogens with zero attached hydrogens (tertiary/aromatic N) is 3. The average molecular weight is 283 g/mol. The Labute approximate surface area is 109 Å². The molecule has 0 saturated carbocycles. The minimum absolute atomic E-state index is 0.122. The van der Waals surface area contributed by atoms with Gasteiger partial charge in [-0.1, -0.05) is 13.8 Å². The highest BCUT2D eigenvalue weighted by Gasteiger charge is 2.56. The van der Waals surface area contributed by atoms with Crippen molar-refractivity contribution in [3.63, 3.8) is 0 Å². The molecule has 1 aliphatic heterocycles. The Hall–Kier alpha value is -0.850. The van der Waals surface area contributed by atoms with E-state index in [0.717, 1.165) is 6.42 Å². The molecule has 1 unspecified atom stereocenters. The molecule has 1 atom stereocenters. The molecule has 6 amide bonds. The zero-order valence-electron chi connectivity index (χ0n) is 9.81. The third-order valence-electron chi connectivity index (χ3n) is 2.89. The van der Waals surface area contributed by atoms with E-state index in [4.69, 9.17) is 23.6 Å². The number of urea groups is 3. The van der Waals surface area contributed by atoms with Gasteiger partial charge in [0.2, 0.25) is 0 Å². The molecular formula is C9H14Cl2N3O3+. The predicted molar refractivity (Wildman–Crippen MR) is 62.1 cm³/mol. The highest BCUT2D eigenvalue weighted by atomic mass is 35.5. The van der Waals surface area contributed by atoms with Crippen molar-refractivity contribution in [2.75, 3.05) is 13.6 Å². The van der Waals surface area contributed by atoms with E-state index >= 15 is 0 Å². The van der Waals surface area contributed by atoms with Gasteiger partial charge in [0.1, 0.15) is 0 Å². The molecule has 0 aromatic rings. The van der Waals surface area contributed by atoms with Gasteiger partial charge in [0.05, 0.1) is 13.6 Å². The Morgan fingerprint density at radius 3 is 1.94 bits per heavy atom. The second kappa shape index (κ2) is 4.80. The van der Waals surface area contributed by atoms with Gasteiger partial charge in [-0.05, 0) is 6.42 Å². The average Bonchev–Trinajstić information content (AvgIpc) is 2.32. The quantitative estimate of drug-likeness (QED) is 0.591. The second-order valence-corrected chi connectivity index (χ2v) is 4.97. The van der Waals surface area contributed by atoms with Crippen LogP contribution in [0.2, 0.25) is 0 Å². The number of carbonyl (C=O) groups excluding carboxylic acids is 3. The SMILES string of the molecule is CCC(C)C[N+]1(C)C(=O)N(Cl)C(=O)N(Cl)C1=O. The van der Waals surface area contributed by atoms with Gasteiger partial charge in [-0.15, -0.1) is 8.84 Å². The second-order valence-electron chi connectivity index (χ2n) is 4.30. The summed E-state index contributed by atoms with van der Waals surface area (Å²) in [5, 5.41) is 0. The van der Waals surface area contributed by atoms with E-state index in [2.05, 4.69) is 0 Å². The molecule has 0 aliphatic carbocycles. The van der Waals surface area contributed by atoms with Crippen LogP contribution in [0.25, 0.3) is 0 Å². The van der Waals surface area contributed by atoms with Gasteiger partial charge in [0.15, 0.2) is 0 Å². The van der Waals surface area contributed by atoms with E-state index in [9.17, 15) is 14.4 Å². The Bertz CT molecular complexity index is 350. The van der Waals surface area contributed by atoms with Gasteiger partial charge in [0, 0.05) is 29.5 Å². The molecule has 1 rings (SSSR count). The highest BCUT2D eigenvalue weighted by Crippen LogP contribution is 2.26. The minimum atomic E-state index is -1.04. The van der Waals surface area contributed by atoms with Crippen LogP contribution < -0.4 is 0 Å². The molecule has 1 saturated heterocycles. The van der Waals surface area contributed by atoms with Crippen LogP contribution in [0.5, 0.6) is 0 Å². The van der Waals surface area contributed by atoms with E-state index in [-0.39, 0.29) is 12.5 Å². The molecular weight excluding hydrogens is 269 g/mol. The molecule has 1 fully saturated rings. The summed E-state index contributed by atoms with van der Waals surface area (Å²) in [6.07, 6.45) is 0.799. The van der Waals surface area contributed by atoms with Crippen molar-refractivity contribution in [1.82, 2.24) is 8.84 Å². The maximum Gasteiger partial charge on any atom is 0.451 e. The maximum atomic E-state index is 11.9. The summed E-state index contributed by atoms with van der Waals surface area (Å²) in [6, 6.07) is -2.60. The Kier molecular flexibility index (Phi) is 4.01. The minimum Gasteiger partial charge on any atom is -0.244 e. The fraction of sp³-hybridized carbons (Fsp3) is 0.667. The number of halogens is 2. The Morgan fingerprint density at radius 1 is 1.18 bits per heavy atom. The van der Waals surface area contributed by atoms with Gasteiger partial charge in [0.25, 0.3) is 0 Å². The number of hydrogen-bond acceptors (Lipinski definition) is 3. The van der Waals surface area contributed by atoms with Crippen molar-refractivity contribution in [1.29, 1.82) is 0 Å². The lowest BCUT2D eigenvalue weighted by Crippen LogP contribution is -2.68. The van der Waals surface area contributed by atoms with Gasteiger partial charge in [-0.2, -0.15) is 4.48 Å². The fourth-order valence-corrected chi connectivity index (χ4v) is 2.14. The lowest BCUT2D eigenvalue weighted by molar-refractivity contribution is -0.757. The van der Waals surface area contributed by atoms with E-state index in [1.54, 1.807) is 0 Å². The fourth-order valence-electron chi connectivity index (χ4n) is 1.62. The van der Waals surface area contributed by atoms with Crippen molar-refractivity contribution in [3.05, 3.63) is 0 Å². The summed E-state index contributed by atoms with van der Waals surface area (Å²) in [6.45, 7) is 4.09. The standard InChI is InChI=1S/C9H14Cl2N3O3/c1-4-6(2)5-14(3)8(16)12(10)7(15)13(11)9(14)17/h6H,4-5H2,1-3H3/q+1. The molecule has 0 aromatic heterocycles. The smallest absolute Gasteiger partial charge is 0.244 e. The van der Waals surface area contributed by atoms with Crippen molar-refractivity contribution >= 4 is 41.6 Å². The van der Waals surface area contributed by atoms with Gasteiger partial charge in [-0.25, -0.2) is 14.4 Å². The zero-order chi connectivity index (χ0) is 13.4. The molecule has 17 heavy (non-hydrogen) atoms. The summed E-state index contributed by atoms with van der Waals surface area (Å²) in [5.74, 6) is 0.122. The summed E-state index contributed by atoms with van der Waals surface area (Å²) in [5.41, 5.74) is 0. The molecule has 0 aromatic carbocycles. The molecule has 0 N–H and O–H groups in total. The van der Waals surface area contributed by atoms with Gasteiger partial charge in [-0.3, -0.25) is 0 Å². The van der Waals surface area contributed by atoms with Crippen LogP contribution in [-0.4, -0.2) is 45.0 Å². The monoisotopic (exact) mass is 282 g/mol. The van der Waals surface area contributed by atoms with Crippen LogP contribution in [0.3, 0.4) is 0 Å². The predicted octanol–water partition coefficient (Wildman–Crippen LogP) is 2.76. The topological polar surface area (TPSA) is 57.7 Å². The number of imide groups is 3. The van der Waals surface area contributed by atoms with Crippen molar-refractivity contribution < 1.29 is 18.9 Å². The Morgan fingerprint density at radius 2 is 1.59 bits per heavy atom. The van der Waals surface area contributed by atoms with Crippen LogP contribution in [-0.2, 0) is 0 Å². The third-order valence-corrected chi connectivity index (χ3v) is 3.47. The molecule has 0 spiro atoms. The molecule has 1 aliphatic rings. The van der Waals surface area contributed by atoms with E-state index in [0.29, 0.717) is 8.84 Å². The van der Waals surface area contributed by atoms with Gasteiger partial charge >= 0.3 is 18.1 Å². The number of carbonyl (C=O) groups is 3. The highest BCUT2D eigenvalue weighted by molar-refractivity contribution is 6.38. The molecule has 8 heteroatoms. The first-order chi connectivity index (χ1) is 7.75. The molecule has 96 valence electrons. The van der Waals surface area contributed by atoms with Crippen LogP contribution in [0.4, 0.5) is 14.4 Å². The first kappa shape index (κ1) is 14.2. The lowest BCUT2D eigenvalue weighted by Gasteiger charge is -2.37. The van der Waals surface area contributed by atoms with Crippen molar-refractivity contribution in [2.24, 2.45) is 5.92 Å². The van der Waals surface area contributed by atoms with Crippen molar-refractivity contribution in [3.8, 4) is 0 Å². The summed E-state index contributed by atoms with van der Waals surface area (Å²) >= 11 is 11.1. The zero-order valence-corrected chi connectivity index (χ0v) is 11.3. The van der Waals surface area contributed by atoms with Crippen LogP contribution in [0.1, 0.15) is 20.3 Å². The van der Waals surface area contributed by atoms with Crippen molar-refractivity contribution in [2.45, 2.75) is 20.3 Å². The number of rotatable bonds is 3. The van der Waals surface area contributed by atoms with Crippen LogP contribution in [0.15, 0.2) is 0 Å². The van der Waals surface area contributed by atoms with Crippen LogP contribution in [0, 0.1) is 5.92 Å². The number of amides is 6. The Balaban J connectivity index is 3.08. The first-order valence-electron chi connectivity index (χ1n) is 5.16. The normalized spacial score (nSPS) is 22.1. The van der Waals surface area contributed by atoms with E-state index in [1.165, 1.54) is 7.05 Å². The lowest BCUT2D eigenvalue weighted by atomic mass is 10.1. The largest absolute Gasteiger partial charge is 0.451 e. The summed E-state index contributed by atoms with van der Waals surface area (Å²) < 4.78 is 0.0569.